The number of hydrogen-bond acceptors (Lipinski definition) is 3. The van der Waals surface area contributed by atoms with E-state index in [1.165, 1.54) is 33.0 Å². The van der Waals surface area contributed by atoms with Crippen LogP contribution in [0.5, 0.6) is 5.75 Å². The van der Waals surface area contributed by atoms with Crippen molar-refractivity contribution in [2.75, 3.05) is 7.05 Å². The third-order valence-electron chi connectivity index (χ3n) is 4.76. The summed E-state index contributed by atoms with van der Waals surface area (Å²) in [6, 6.07) is 7.01. The molecule has 8 heteroatoms. The molecule has 146 valence electrons. The van der Waals surface area contributed by atoms with Crippen LogP contribution in [0.4, 0.5) is 8.78 Å². The number of benzene rings is 2. The van der Waals surface area contributed by atoms with Gasteiger partial charge in [-0.05, 0) is 37.6 Å². The molecule has 1 heterocycles. The van der Waals surface area contributed by atoms with Gasteiger partial charge in [0.15, 0.2) is 17.4 Å². The topological polar surface area (TPSA) is 71.3 Å². The number of carbonyl (C=O) groups is 2. The third kappa shape index (κ3) is 3.01. The zero-order chi connectivity index (χ0) is 20.7. The van der Waals surface area contributed by atoms with Crippen LogP contribution in [-0.2, 0) is 4.79 Å². The standard InChI is InChI=1S/C20H17ClF2N2O3/c1-9(19(27)24-3)15-10(2)25(20(28)11-5-4-6-12(21)7-11)14-8-13(22)18(26)17(23)16(14)15/h4-9,26H,1-3H3,(H,24,27)/t9-/m1/s1. The number of nitrogens with zero attached hydrogens (tertiary/aromatic N) is 1. The van der Waals surface area contributed by atoms with E-state index in [-0.39, 0.29) is 27.7 Å². The summed E-state index contributed by atoms with van der Waals surface area (Å²) < 4.78 is 30.0. The lowest BCUT2D eigenvalue weighted by molar-refractivity contribution is -0.121. The van der Waals surface area contributed by atoms with Crippen molar-refractivity contribution in [2.24, 2.45) is 0 Å². The second-order valence-electron chi connectivity index (χ2n) is 6.40. The summed E-state index contributed by atoms with van der Waals surface area (Å²) in [6.07, 6.45) is 0. The number of halogens is 3. The summed E-state index contributed by atoms with van der Waals surface area (Å²) in [5, 5.41) is 12.4. The third-order valence-corrected chi connectivity index (χ3v) is 4.99. The van der Waals surface area contributed by atoms with Crippen LogP contribution < -0.4 is 5.32 Å². The van der Waals surface area contributed by atoms with Crippen LogP contribution in [0.3, 0.4) is 0 Å². The normalized spacial score (nSPS) is 12.2. The quantitative estimate of drug-likeness (QED) is 0.687. The van der Waals surface area contributed by atoms with E-state index in [0.717, 1.165) is 10.6 Å². The Labute approximate surface area is 164 Å². The van der Waals surface area contributed by atoms with Gasteiger partial charge in [0.1, 0.15) is 0 Å². The van der Waals surface area contributed by atoms with E-state index in [9.17, 15) is 23.5 Å². The summed E-state index contributed by atoms with van der Waals surface area (Å²) in [5.74, 6) is -5.42. The minimum absolute atomic E-state index is 0.0824. The number of phenolic OH excluding ortho intramolecular Hbond substituents is 1. The van der Waals surface area contributed by atoms with Crippen LogP contribution in [0.1, 0.15) is 34.5 Å². The lowest BCUT2D eigenvalue weighted by atomic mass is 9.96. The van der Waals surface area contributed by atoms with Crippen LogP contribution >= 0.6 is 11.6 Å². The number of aromatic hydroxyl groups is 1. The van der Waals surface area contributed by atoms with E-state index in [1.807, 2.05) is 0 Å². The molecule has 0 fully saturated rings. The van der Waals surface area contributed by atoms with Gasteiger partial charge in [-0.2, -0.15) is 0 Å². The molecule has 3 rings (SSSR count). The number of rotatable bonds is 3. The molecule has 3 aromatic rings. The maximum Gasteiger partial charge on any atom is 0.262 e. The largest absolute Gasteiger partial charge is 0.503 e. The highest BCUT2D eigenvalue weighted by molar-refractivity contribution is 6.31. The second-order valence-corrected chi connectivity index (χ2v) is 6.84. The fourth-order valence-corrected chi connectivity index (χ4v) is 3.59. The first-order valence-corrected chi connectivity index (χ1v) is 8.80. The van der Waals surface area contributed by atoms with Gasteiger partial charge in [0.05, 0.1) is 11.4 Å². The molecule has 1 atom stereocenters. The molecule has 0 aliphatic heterocycles. The summed E-state index contributed by atoms with van der Waals surface area (Å²) in [4.78, 5) is 25.3. The molecule has 28 heavy (non-hydrogen) atoms. The molecule has 2 aromatic carbocycles. The fraction of sp³-hybridized carbons (Fsp3) is 0.200. The van der Waals surface area contributed by atoms with Gasteiger partial charge in [-0.25, -0.2) is 8.78 Å². The van der Waals surface area contributed by atoms with Crippen LogP contribution in [0, 0.1) is 18.6 Å². The van der Waals surface area contributed by atoms with E-state index in [4.69, 9.17) is 11.6 Å². The van der Waals surface area contributed by atoms with Gasteiger partial charge in [0.25, 0.3) is 5.91 Å². The Balaban J connectivity index is 2.39. The first-order valence-electron chi connectivity index (χ1n) is 8.42. The van der Waals surface area contributed by atoms with Crippen LogP contribution in [0.2, 0.25) is 5.02 Å². The summed E-state index contributed by atoms with van der Waals surface area (Å²) in [6.45, 7) is 3.07. The number of phenols is 1. The van der Waals surface area contributed by atoms with E-state index >= 15 is 0 Å². The van der Waals surface area contributed by atoms with Gasteiger partial charge in [-0.15, -0.1) is 0 Å². The Hall–Kier alpha value is -2.93. The number of nitrogens with one attached hydrogen (secondary N) is 1. The molecule has 0 saturated carbocycles. The highest BCUT2D eigenvalue weighted by Crippen LogP contribution is 2.38. The van der Waals surface area contributed by atoms with Crippen molar-refractivity contribution < 1.29 is 23.5 Å². The number of fused-ring (bicyclic) bond motifs is 1. The molecule has 0 aliphatic rings. The lowest BCUT2D eigenvalue weighted by Gasteiger charge is -2.12. The smallest absolute Gasteiger partial charge is 0.262 e. The van der Waals surface area contributed by atoms with Gasteiger partial charge in [0, 0.05) is 34.8 Å². The zero-order valence-corrected chi connectivity index (χ0v) is 16.1. The average molecular weight is 407 g/mol. The second kappa shape index (κ2) is 7.24. The van der Waals surface area contributed by atoms with Gasteiger partial charge < -0.3 is 10.4 Å². The maximum absolute atomic E-state index is 14.8. The number of amides is 1. The minimum Gasteiger partial charge on any atom is -0.503 e. The van der Waals surface area contributed by atoms with Crippen LogP contribution in [0.15, 0.2) is 30.3 Å². The molecule has 0 bridgehead atoms. The van der Waals surface area contributed by atoms with Crippen molar-refractivity contribution in [3.05, 3.63) is 63.8 Å². The van der Waals surface area contributed by atoms with Crippen molar-refractivity contribution in [1.82, 2.24) is 9.88 Å². The van der Waals surface area contributed by atoms with Gasteiger partial charge in [-0.3, -0.25) is 14.2 Å². The summed E-state index contributed by atoms with van der Waals surface area (Å²) in [5.41, 5.74) is 0.582. The van der Waals surface area contributed by atoms with Crippen molar-refractivity contribution in [3.8, 4) is 5.75 Å². The van der Waals surface area contributed by atoms with Gasteiger partial charge in [-0.1, -0.05) is 17.7 Å². The number of carbonyl (C=O) groups excluding carboxylic acids is 2. The molecular formula is C20H17ClF2N2O3. The summed E-state index contributed by atoms with van der Waals surface area (Å²) >= 11 is 5.95. The monoisotopic (exact) mass is 406 g/mol. The van der Waals surface area contributed by atoms with Crippen molar-refractivity contribution >= 4 is 34.3 Å². The molecule has 0 spiro atoms. The fourth-order valence-electron chi connectivity index (χ4n) is 3.40. The average Bonchev–Trinajstić information content (AvgIpc) is 2.96. The molecule has 0 aliphatic carbocycles. The molecule has 1 aromatic heterocycles. The highest BCUT2D eigenvalue weighted by atomic mass is 35.5. The van der Waals surface area contributed by atoms with Crippen molar-refractivity contribution in [1.29, 1.82) is 0 Å². The first-order chi connectivity index (χ1) is 13.2. The Bertz CT molecular complexity index is 1120. The Morgan fingerprint density at radius 3 is 2.54 bits per heavy atom. The molecule has 5 nitrogen and oxygen atoms in total. The first kappa shape index (κ1) is 19.8. The van der Waals surface area contributed by atoms with Gasteiger partial charge in [0.2, 0.25) is 5.91 Å². The number of hydrogen-bond donors (Lipinski definition) is 2. The van der Waals surface area contributed by atoms with Crippen LogP contribution in [-0.4, -0.2) is 28.5 Å². The van der Waals surface area contributed by atoms with Crippen LogP contribution in [0.25, 0.3) is 10.9 Å². The highest BCUT2D eigenvalue weighted by Gasteiger charge is 2.30. The minimum atomic E-state index is -1.22. The zero-order valence-electron chi connectivity index (χ0n) is 15.3. The summed E-state index contributed by atoms with van der Waals surface area (Å²) in [7, 11) is 1.43. The van der Waals surface area contributed by atoms with E-state index in [1.54, 1.807) is 12.1 Å². The Morgan fingerprint density at radius 1 is 1.25 bits per heavy atom. The Morgan fingerprint density at radius 2 is 1.93 bits per heavy atom. The molecule has 0 unspecified atom stereocenters. The maximum atomic E-state index is 14.8. The lowest BCUT2D eigenvalue weighted by Crippen LogP contribution is -2.24. The number of aromatic nitrogens is 1. The molecule has 0 radical (unpaired) electrons. The SMILES string of the molecule is CNC(=O)[C@H](C)c1c(C)n(C(=O)c2cccc(Cl)c2)c2cc(F)c(O)c(F)c12. The van der Waals surface area contributed by atoms with Gasteiger partial charge >= 0.3 is 0 Å². The molecular weight excluding hydrogens is 390 g/mol. The molecule has 1 amide bonds. The molecule has 2 N–H and O–H groups in total. The van der Waals surface area contributed by atoms with E-state index in [0.29, 0.717) is 5.02 Å². The molecule has 0 saturated heterocycles. The van der Waals surface area contributed by atoms with E-state index < -0.39 is 35.1 Å². The predicted octanol–water partition coefficient (Wildman–Crippen LogP) is 4.12. The van der Waals surface area contributed by atoms with Crippen molar-refractivity contribution in [3.63, 3.8) is 0 Å². The van der Waals surface area contributed by atoms with E-state index in [2.05, 4.69) is 5.32 Å². The van der Waals surface area contributed by atoms with Crippen molar-refractivity contribution in [2.45, 2.75) is 19.8 Å². The predicted molar refractivity (Wildman–Crippen MR) is 102 cm³/mol. The Kier molecular flexibility index (Phi) is 5.12. The number of likely N-dealkylation sites (N-methyl/N-ethyl adjacent to an activating group) is 1.